The molecule has 0 saturated carbocycles. The van der Waals surface area contributed by atoms with Gasteiger partial charge in [-0.2, -0.15) is 0 Å². The van der Waals surface area contributed by atoms with E-state index in [0.29, 0.717) is 6.54 Å². The number of carbonyl (C=O) groups excluding carboxylic acids is 1. The number of likely N-dealkylation sites (N-methyl/N-ethyl adjacent to an activating group) is 1. The Labute approximate surface area is 122 Å². The van der Waals surface area contributed by atoms with Crippen LogP contribution in [0.15, 0.2) is 24.3 Å². The van der Waals surface area contributed by atoms with Crippen molar-refractivity contribution in [3.05, 3.63) is 29.8 Å². The van der Waals surface area contributed by atoms with Crippen LogP contribution in [0.2, 0.25) is 0 Å². The van der Waals surface area contributed by atoms with Crippen LogP contribution in [0, 0.1) is 0 Å². The molecule has 0 fully saturated rings. The van der Waals surface area contributed by atoms with E-state index in [-0.39, 0.29) is 6.09 Å². The summed E-state index contributed by atoms with van der Waals surface area (Å²) in [5.74, 6) is 0. The highest BCUT2D eigenvalue weighted by atomic mass is 16.6. The molecule has 0 aliphatic carbocycles. The number of hydrogen-bond acceptors (Lipinski definition) is 3. The first kappa shape index (κ1) is 16.6. The molecule has 0 aliphatic heterocycles. The highest BCUT2D eigenvalue weighted by molar-refractivity contribution is 6.32. The quantitative estimate of drug-likeness (QED) is 0.812. The minimum Gasteiger partial charge on any atom is -0.444 e. The molecule has 0 atom stereocenters. The smallest absolute Gasteiger partial charge is 0.407 e. The third-order valence-electron chi connectivity index (χ3n) is 2.70. The van der Waals surface area contributed by atoms with Crippen LogP contribution in [0.5, 0.6) is 0 Å². The van der Waals surface area contributed by atoms with Gasteiger partial charge in [-0.05, 0) is 33.4 Å². The third-order valence-corrected chi connectivity index (χ3v) is 2.70. The van der Waals surface area contributed by atoms with Crippen LogP contribution < -0.4 is 10.8 Å². The van der Waals surface area contributed by atoms with E-state index in [1.807, 2.05) is 27.8 Å². The second-order valence-corrected chi connectivity index (χ2v) is 6.16. The first-order valence-electron chi connectivity index (χ1n) is 6.97. The second kappa shape index (κ2) is 7.34. The van der Waals surface area contributed by atoms with Crippen molar-refractivity contribution in [2.75, 3.05) is 20.1 Å². The minimum absolute atomic E-state index is 0.360. The predicted octanol–water partition coefficient (Wildman–Crippen LogP) is 0.901. The number of alkyl carbamates (subject to hydrolysis) is 1. The molecule has 5 heteroatoms. The first-order chi connectivity index (χ1) is 9.26. The van der Waals surface area contributed by atoms with Crippen LogP contribution in [0.3, 0.4) is 0 Å². The van der Waals surface area contributed by atoms with Crippen LogP contribution in [-0.4, -0.2) is 44.6 Å². The van der Waals surface area contributed by atoms with Gasteiger partial charge in [-0.1, -0.05) is 29.7 Å². The molecule has 0 radical (unpaired) electrons. The maximum Gasteiger partial charge on any atom is 0.407 e. The summed E-state index contributed by atoms with van der Waals surface area (Å²) in [5.41, 5.74) is 2.10. The summed E-state index contributed by atoms with van der Waals surface area (Å²) in [6.07, 6.45) is -0.360. The lowest BCUT2D eigenvalue weighted by Crippen LogP contribution is -2.36. The summed E-state index contributed by atoms with van der Waals surface area (Å²) in [6, 6.07) is 8.45. The zero-order chi connectivity index (χ0) is 15.2. The lowest BCUT2D eigenvalue weighted by molar-refractivity contribution is 0.0523. The standard InChI is InChI=1S/C15H25BN2O2/c1-15(2,3)20-14(19)17-8-9-18(4)11-12-6-5-7-13(16)10-12/h5-7,10H,8-9,11,16H2,1-4H3,(H,17,19). The van der Waals surface area contributed by atoms with Gasteiger partial charge in [-0.15, -0.1) is 0 Å². The molecule has 0 saturated heterocycles. The van der Waals surface area contributed by atoms with E-state index in [0.717, 1.165) is 13.1 Å². The largest absolute Gasteiger partial charge is 0.444 e. The van der Waals surface area contributed by atoms with Gasteiger partial charge in [0.25, 0.3) is 0 Å². The van der Waals surface area contributed by atoms with Crippen LogP contribution in [0.25, 0.3) is 0 Å². The predicted molar refractivity (Wildman–Crippen MR) is 85.2 cm³/mol. The Kier molecular flexibility index (Phi) is 6.08. The van der Waals surface area contributed by atoms with Crippen LogP contribution >= 0.6 is 0 Å². The van der Waals surface area contributed by atoms with Crippen molar-refractivity contribution >= 4 is 19.4 Å². The van der Waals surface area contributed by atoms with E-state index in [4.69, 9.17) is 4.74 Å². The molecule has 0 spiro atoms. The second-order valence-electron chi connectivity index (χ2n) is 6.16. The molecule has 1 aromatic rings. The Morgan fingerprint density at radius 2 is 2.10 bits per heavy atom. The normalized spacial score (nSPS) is 11.4. The Hall–Kier alpha value is -1.49. The molecule has 1 amide bonds. The topological polar surface area (TPSA) is 41.6 Å². The maximum atomic E-state index is 11.5. The van der Waals surface area contributed by atoms with Gasteiger partial charge in [-0.3, -0.25) is 0 Å². The van der Waals surface area contributed by atoms with Gasteiger partial charge in [-0.25, -0.2) is 4.79 Å². The number of nitrogens with one attached hydrogen (secondary N) is 1. The molecule has 1 N–H and O–H groups in total. The molecule has 0 heterocycles. The van der Waals surface area contributed by atoms with Crippen molar-refractivity contribution in [1.82, 2.24) is 10.2 Å². The first-order valence-corrected chi connectivity index (χ1v) is 6.97. The molecule has 0 aliphatic rings. The molecule has 110 valence electrons. The molecule has 0 bridgehead atoms. The zero-order valence-electron chi connectivity index (χ0n) is 13.2. The van der Waals surface area contributed by atoms with Gasteiger partial charge in [0.05, 0.1) is 0 Å². The van der Waals surface area contributed by atoms with E-state index >= 15 is 0 Å². The average molecular weight is 276 g/mol. The number of rotatable bonds is 5. The monoisotopic (exact) mass is 276 g/mol. The van der Waals surface area contributed by atoms with Gasteiger partial charge >= 0.3 is 6.09 Å². The van der Waals surface area contributed by atoms with Gasteiger partial charge in [0.1, 0.15) is 13.4 Å². The van der Waals surface area contributed by atoms with Crippen LogP contribution in [-0.2, 0) is 11.3 Å². The van der Waals surface area contributed by atoms with Crippen LogP contribution in [0.1, 0.15) is 26.3 Å². The minimum atomic E-state index is -0.447. The number of carbonyl (C=O) groups is 1. The van der Waals surface area contributed by atoms with E-state index < -0.39 is 5.60 Å². The highest BCUT2D eigenvalue weighted by Gasteiger charge is 2.15. The summed E-state index contributed by atoms with van der Waals surface area (Å²) in [4.78, 5) is 13.7. The van der Waals surface area contributed by atoms with E-state index in [1.165, 1.54) is 11.0 Å². The Morgan fingerprint density at radius 1 is 1.40 bits per heavy atom. The van der Waals surface area contributed by atoms with Gasteiger partial charge in [0.15, 0.2) is 0 Å². The number of nitrogens with zero attached hydrogens (tertiary/aromatic N) is 1. The molecular formula is C15H25BN2O2. The van der Waals surface area contributed by atoms with Crippen molar-refractivity contribution in [3.63, 3.8) is 0 Å². The van der Waals surface area contributed by atoms with Crippen molar-refractivity contribution in [2.45, 2.75) is 32.9 Å². The summed E-state index contributed by atoms with van der Waals surface area (Å²) >= 11 is 0. The SMILES string of the molecule is Bc1cccc(CN(C)CCNC(=O)OC(C)(C)C)c1. The lowest BCUT2D eigenvalue weighted by Gasteiger charge is -2.21. The number of amides is 1. The summed E-state index contributed by atoms with van der Waals surface area (Å²) < 4.78 is 5.18. The molecule has 20 heavy (non-hydrogen) atoms. The van der Waals surface area contributed by atoms with E-state index in [9.17, 15) is 4.79 Å². The number of hydrogen-bond donors (Lipinski definition) is 1. The summed E-state index contributed by atoms with van der Waals surface area (Å²) in [6.45, 7) is 7.81. The lowest BCUT2D eigenvalue weighted by atomic mass is 9.94. The Balaban J connectivity index is 2.27. The fourth-order valence-corrected chi connectivity index (χ4v) is 1.86. The molecule has 1 aromatic carbocycles. The van der Waals surface area contributed by atoms with Gasteiger partial charge < -0.3 is 15.0 Å². The fourth-order valence-electron chi connectivity index (χ4n) is 1.86. The molecular weight excluding hydrogens is 251 g/mol. The van der Waals surface area contributed by atoms with E-state index in [2.05, 4.69) is 42.3 Å². The van der Waals surface area contributed by atoms with Gasteiger partial charge in [0, 0.05) is 19.6 Å². The summed E-state index contributed by atoms with van der Waals surface area (Å²) in [5, 5.41) is 2.76. The zero-order valence-corrected chi connectivity index (χ0v) is 13.2. The molecule has 1 rings (SSSR count). The van der Waals surface area contributed by atoms with Crippen molar-refractivity contribution in [1.29, 1.82) is 0 Å². The van der Waals surface area contributed by atoms with Crippen LogP contribution in [0.4, 0.5) is 4.79 Å². The average Bonchev–Trinajstić information content (AvgIpc) is 2.26. The fraction of sp³-hybridized carbons (Fsp3) is 0.533. The maximum absolute atomic E-state index is 11.5. The van der Waals surface area contributed by atoms with E-state index in [1.54, 1.807) is 0 Å². The highest BCUT2D eigenvalue weighted by Crippen LogP contribution is 2.06. The summed E-state index contributed by atoms with van der Waals surface area (Å²) in [7, 11) is 4.13. The molecule has 0 unspecified atom stereocenters. The number of benzene rings is 1. The van der Waals surface area contributed by atoms with Gasteiger partial charge in [0.2, 0.25) is 0 Å². The Bertz CT molecular complexity index is 444. The molecule has 0 aromatic heterocycles. The number of ether oxygens (including phenoxy) is 1. The molecule has 4 nitrogen and oxygen atoms in total. The van der Waals surface area contributed by atoms with Crippen molar-refractivity contribution < 1.29 is 9.53 Å². The Morgan fingerprint density at radius 3 is 2.70 bits per heavy atom. The third kappa shape index (κ3) is 7.19. The van der Waals surface area contributed by atoms with Crippen molar-refractivity contribution in [2.24, 2.45) is 0 Å². The van der Waals surface area contributed by atoms with Crippen molar-refractivity contribution in [3.8, 4) is 0 Å².